The Morgan fingerprint density at radius 3 is 2.67 bits per heavy atom. The van der Waals surface area contributed by atoms with Crippen LogP contribution in [-0.4, -0.2) is 17.9 Å². The number of pyridine rings is 1. The van der Waals surface area contributed by atoms with Crippen molar-refractivity contribution in [1.82, 2.24) is 4.98 Å². The lowest BCUT2D eigenvalue weighted by molar-refractivity contribution is 0.0992. The molecule has 0 fully saturated rings. The second-order valence-corrected chi connectivity index (χ2v) is 5.76. The zero-order valence-electron chi connectivity index (χ0n) is 12.8. The minimum Gasteiger partial charge on any atom is -0.311 e. The molecule has 3 heteroatoms. The lowest BCUT2D eigenvalue weighted by Gasteiger charge is -2.20. The Hall–Kier alpha value is -2.16. The van der Waals surface area contributed by atoms with Gasteiger partial charge in [-0.25, -0.2) is 0 Å². The van der Waals surface area contributed by atoms with Crippen LogP contribution in [0, 0.1) is 13.8 Å². The van der Waals surface area contributed by atoms with Crippen LogP contribution >= 0.6 is 0 Å². The maximum absolute atomic E-state index is 12.8. The first-order chi connectivity index (χ1) is 10.1. The number of amides is 1. The Labute approximate surface area is 125 Å². The molecular formula is C18H20N2O. The van der Waals surface area contributed by atoms with Crippen molar-refractivity contribution in [2.24, 2.45) is 0 Å². The summed E-state index contributed by atoms with van der Waals surface area (Å²) in [5.41, 5.74) is 6.59. The number of anilines is 1. The lowest BCUT2D eigenvalue weighted by atomic mass is 9.98. The highest BCUT2D eigenvalue weighted by Crippen LogP contribution is 2.29. The van der Waals surface area contributed by atoms with E-state index in [9.17, 15) is 4.79 Å². The van der Waals surface area contributed by atoms with Gasteiger partial charge in [0, 0.05) is 30.2 Å². The number of carbonyl (C=O) groups excluding carboxylic acids is 1. The van der Waals surface area contributed by atoms with E-state index in [0.717, 1.165) is 36.2 Å². The lowest BCUT2D eigenvalue weighted by Crippen LogP contribution is -2.27. The predicted octanol–water partition coefficient (Wildman–Crippen LogP) is 3.46. The van der Waals surface area contributed by atoms with Gasteiger partial charge in [0.15, 0.2) is 0 Å². The van der Waals surface area contributed by atoms with Crippen molar-refractivity contribution in [3.63, 3.8) is 0 Å². The van der Waals surface area contributed by atoms with Gasteiger partial charge >= 0.3 is 0 Å². The summed E-state index contributed by atoms with van der Waals surface area (Å²) in [7, 11) is 1.83. The average molecular weight is 280 g/mol. The summed E-state index contributed by atoms with van der Waals surface area (Å²) >= 11 is 0. The van der Waals surface area contributed by atoms with Crippen LogP contribution in [0.4, 0.5) is 5.69 Å². The van der Waals surface area contributed by atoms with Crippen molar-refractivity contribution in [2.75, 3.05) is 11.9 Å². The van der Waals surface area contributed by atoms with Crippen LogP contribution in [0.15, 0.2) is 30.5 Å². The van der Waals surface area contributed by atoms with Crippen molar-refractivity contribution in [2.45, 2.75) is 33.1 Å². The van der Waals surface area contributed by atoms with Crippen LogP contribution in [0.1, 0.15) is 39.2 Å². The molecule has 1 aliphatic rings. The molecule has 3 rings (SSSR count). The molecule has 21 heavy (non-hydrogen) atoms. The van der Waals surface area contributed by atoms with Gasteiger partial charge in [0.25, 0.3) is 5.91 Å². The van der Waals surface area contributed by atoms with Crippen LogP contribution in [0.5, 0.6) is 0 Å². The SMILES string of the molecule is Cc1cc(N(C)C(=O)c2ccc(C)c3c2CCC3)ccn1. The molecule has 0 saturated carbocycles. The summed E-state index contributed by atoms with van der Waals surface area (Å²) in [5.74, 6) is 0.0683. The number of aryl methyl sites for hydroxylation is 2. The molecule has 0 unspecified atom stereocenters. The van der Waals surface area contributed by atoms with Gasteiger partial charge in [-0.2, -0.15) is 0 Å². The zero-order chi connectivity index (χ0) is 15.0. The highest BCUT2D eigenvalue weighted by Gasteiger charge is 2.23. The second-order valence-electron chi connectivity index (χ2n) is 5.76. The second kappa shape index (κ2) is 5.32. The van der Waals surface area contributed by atoms with E-state index in [1.165, 1.54) is 16.7 Å². The van der Waals surface area contributed by atoms with E-state index in [1.807, 2.05) is 32.2 Å². The first-order valence-corrected chi connectivity index (χ1v) is 7.40. The largest absolute Gasteiger partial charge is 0.311 e. The molecule has 0 N–H and O–H groups in total. The van der Waals surface area contributed by atoms with Gasteiger partial charge in [0.2, 0.25) is 0 Å². The van der Waals surface area contributed by atoms with Crippen LogP contribution < -0.4 is 4.90 Å². The van der Waals surface area contributed by atoms with Crippen molar-refractivity contribution in [3.05, 3.63) is 58.4 Å². The van der Waals surface area contributed by atoms with Gasteiger partial charge in [-0.15, -0.1) is 0 Å². The summed E-state index contributed by atoms with van der Waals surface area (Å²) in [6.45, 7) is 4.07. The van der Waals surface area contributed by atoms with Crippen molar-refractivity contribution >= 4 is 11.6 Å². The summed E-state index contributed by atoms with van der Waals surface area (Å²) in [4.78, 5) is 18.7. The van der Waals surface area contributed by atoms with Gasteiger partial charge in [0.1, 0.15) is 0 Å². The number of carbonyl (C=O) groups is 1. The molecule has 3 nitrogen and oxygen atoms in total. The summed E-state index contributed by atoms with van der Waals surface area (Å²) < 4.78 is 0. The highest BCUT2D eigenvalue weighted by molar-refractivity contribution is 6.07. The quantitative estimate of drug-likeness (QED) is 0.844. The predicted molar refractivity (Wildman–Crippen MR) is 84.9 cm³/mol. The van der Waals surface area contributed by atoms with E-state index in [0.29, 0.717) is 0 Å². The monoisotopic (exact) mass is 280 g/mol. The summed E-state index contributed by atoms with van der Waals surface area (Å²) in [6, 6.07) is 7.86. The Kier molecular flexibility index (Phi) is 3.50. The molecular weight excluding hydrogens is 260 g/mol. The normalized spacial score (nSPS) is 13.1. The van der Waals surface area contributed by atoms with Gasteiger partial charge in [-0.1, -0.05) is 6.07 Å². The van der Waals surface area contributed by atoms with Gasteiger partial charge in [-0.3, -0.25) is 9.78 Å². The summed E-state index contributed by atoms with van der Waals surface area (Å²) in [5, 5.41) is 0. The minimum atomic E-state index is 0.0683. The molecule has 0 radical (unpaired) electrons. The standard InChI is InChI=1S/C18H20N2O/c1-12-7-8-17(16-6-4-5-15(12)16)18(21)20(3)14-9-10-19-13(2)11-14/h7-11H,4-6H2,1-3H3. The van der Waals surface area contributed by atoms with Gasteiger partial charge < -0.3 is 4.90 Å². The van der Waals surface area contributed by atoms with E-state index in [1.54, 1.807) is 11.1 Å². The number of nitrogens with zero attached hydrogens (tertiary/aromatic N) is 2. The van der Waals surface area contributed by atoms with E-state index >= 15 is 0 Å². The zero-order valence-corrected chi connectivity index (χ0v) is 12.8. The number of aromatic nitrogens is 1. The Bertz CT molecular complexity index is 706. The first kappa shape index (κ1) is 13.8. The minimum absolute atomic E-state index is 0.0683. The van der Waals surface area contributed by atoms with Gasteiger partial charge in [-0.05, 0) is 68.0 Å². The third-order valence-electron chi connectivity index (χ3n) is 4.32. The maximum Gasteiger partial charge on any atom is 0.258 e. The van der Waals surface area contributed by atoms with Crippen LogP contribution in [-0.2, 0) is 12.8 Å². The fourth-order valence-corrected chi connectivity index (χ4v) is 3.12. The van der Waals surface area contributed by atoms with Crippen LogP contribution in [0.25, 0.3) is 0 Å². The number of fused-ring (bicyclic) bond motifs is 1. The number of hydrogen-bond donors (Lipinski definition) is 0. The van der Waals surface area contributed by atoms with Gasteiger partial charge in [0.05, 0.1) is 0 Å². The van der Waals surface area contributed by atoms with Crippen molar-refractivity contribution < 1.29 is 4.79 Å². The molecule has 1 amide bonds. The molecule has 0 spiro atoms. The molecule has 108 valence electrons. The summed E-state index contributed by atoms with van der Waals surface area (Å²) in [6.07, 6.45) is 5.01. The topological polar surface area (TPSA) is 33.2 Å². The molecule has 1 aliphatic carbocycles. The van der Waals surface area contributed by atoms with Crippen LogP contribution in [0.3, 0.4) is 0 Å². The molecule has 1 heterocycles. The molecule has 1 aromatic heterocycles. The first-order valence-electron chi connectivity index (χ1n) is 7.40. The number of hydrogen-bond acceptors (Lipinski definition) is 2. The van der Waals surface area contributed by atoms with E-state index in [4.69, 9.17) is 0 Å². The van der Waals surface area contributed by atoms with E-state index < -0.39 is 0 Å². The molecule has 0 atom stereocenters. The molecule has 1 aromatic carbocycles. The Morgan fingerprint density at radius 1 is 1.14 bits per heavy atom. The Balaban J connectivity index is 1.98. The highest BCUT2D eigenvalue weighted by atomic mass is 16.2. The van der Waals surface area contributed by atoms with Crippen molar-refractivity contribution in [3.8, 4) is 0 Å². The average Bonchev–Trinajstić information content (AvgIpc) is 2.96. The smallest absolute Gasteiger partial charge is 0.258 e. The third-order valence-corrected chi connectivity index (χ3v) is 4.32. The fourth-order valence-electron chi connectivity index (χ4n) is 3.12. The van der Waals surface area contributed by atoms with Crippen LogP contribution in [0.2, 0.25) is 0 Å². The fraction of sp³-hybridized carbons (Fsp3) is 0.333. The third kappa shape index (κ3) is 2.44. The Morgan fingerprint density at radius 2 is 1.90 bits per heavy atom. The molecule has 0 aliphatic heterocycles. The van der Waals surface area contributed by atoms with E-state index in [2.05, 4.69) is 18.0 Å². The van der Waals surface area contributed by atoms with E-state index in [-0.39, 0.29) is 5.91 Å². The maximum atomic E-state index is 12.8. The number of benzene rings is 1. The molecule has 0 saturated heterocycles. The molecule has 2 aromatic rings. The molecule has 0 bridgehead atoms. The number of rotatable bonds is 2. The van der Waals surface area contributed by atoms with Crippen molar-refractivity contribution in [1.29, 1.82) is 0 Å².